The quantitative estimate of drug-likeness (QED) is 0.323. The Labute approximate surface area is 206 Å². The van der Waals surface area contributed by atoms with E-state index in [1.165, 1.54) is 16.2 Å². The van der Waals surface area contributed by atoms with E-state index >= 15 is 0 Å². The van der Waals surface area contributed by atoms with Gasteiger partial charge in [-0.15, -0.1) is 11.3 Å². The topological polar surface area (TPSA) is 80.4 Å². The number of benzene rings is 2. The predicted octanol–water partition coefficient (Wildman–Crippen LogP) is 5.33. The molecule has 0 radical (unpaired) electrons. The van der Waals surface area contributed by atoms with Crippen molar-refractivity contribution in [2.24, 2.45) is 0 Å². The van der Waals surface area contributed by atoms with Crippen LogP contribution in [0.25, 0.3) is 10.2 Å². The molecule has 0 fully saturated rings. The maximum Gasteiger partial charge on any atom is 0.264 e. The molecule has 1 N–H and O–H groups in total. The van der Waals surface area contributed by atoms with Gasteiger partial charge in [0.05, 0.1) is 29.9 Å². The zero-order valence-electron chi connectivity index (χ0n) is 19.2. The van der Waals surface area contributed by atoms with Gasteiger partial charge >= 0.3 is 0 Å². The van der Waals surface area contributed by atoms with Gasteiger partial charge in [-0.1, -0.05) is 48.5 Å². The first kappa shape index (κ1) is 22.6. The molecule has 5 rings (SSSR count). The Hall–Kier alpha value is -4.17. The van der Waals surface area contributed by atoms with Crippen LogP contribution in [-0.2, 0) is 17.9 Å². The van der Waals surface area contributed by atoms with Crippen LogP contribution >= 0.6 is 11.3 Å². The third kappa shape index (κ3) is 5.17. The minimum atomic E-state index is -0.274. The van der Waals surface area contributed by atoms with Gasteiger partial charge in [0.1, 0.15) is 17.1 Å². The molecular weight excluding hydrogens is 460 g/mol. The Balaban J connectivity index is 1.40. The van der Waals surface area contributed by atoms with Crippen molar-refractivity contribution in [3.63, 3.8) is 0 Å². The molecule has 0 atom stereocenters. The zero-order valence-corrected chi connectivity index (χ0v) is 20.0. The molecule has 0 spiro atoms. The smallest absolute Gasteiger partial charge is 0.264 e. The first-order chi connectivity index (χ1) is 17.1. The van der Waals surface area contributed by atoms with Crippen molar-refractivity contribution >= 4 is 39.1 Å². The second-order valence-corrected chi connectivity index (χ2v) is 9.24. The molecule has 0 unspecified atom stereocenters. The Morgan fingerprint density at radius 1 is 1.03 bits per heavy atom. The van der Waals surface area contributed by atoms with E-state index in [2.05, 4.69) is 22.5 Å². The van der Waals surface area contributed by atoms with Crippen molar-refractivity contribution in [2.45, 2.75) is 20.0 Å². The van der Waals surface area contributed by atoms with E-state index in [1.807, 2.05) is 66.2 Å². The molecule has 8 heteroatoms. The molecule has 0 aliphatic heterocycles. The van der Waals surface area contributed by atoms with Gasteiger partial charge in [0.25, 0.3) is 5.91 Å². The largest absolute Gasteiger partial charge is 0.467 e. The fraction of sp³-hybridized carbons (Fsp3) is 0.148. The third-order valence-corrected chi connectivity index (χ3v) is 6.74. The molecule has 0 aliphatic rings. The lowest BCUT2D eigenvalue weighted by atomic mass is 10.2. The van der Waals surface area contributed by atoms with Crippen LogP contribution in [0, 0.1) is 6.92 Å². The number of aromatic nitrogens is 2. The van der Waals surface area contributed by atoms with Crippen LogP contribution in [0.15, 0.2) is 89.5 Å². The van der Waals surface area contributed by atoms with E-state index < -0.39 is 0 Å². The summed E-state index contributed by atoms with van der Waals surface area (Å²) >= 11 is 1.39. The fourth-order valence-corrected chi connectivity index (χ4v) is 5.05. The van der Waals surface area contributed by atoms with Crippen LogP contribution in [0.2, 0.25) is 0 Å². The second-order valence-electron chi connectivity index (χ2n) is 8.21. The number of carbonyl (C=O) groups is 2. The van der Waals surface area contributed by atoms with E-state index in [1.54, 1.807) is 18.4 Å². The summed E-state index contributed by atoms with van der Waals surface area (Å²) in [4.78, 5) is 29.4. The fourth-order valence-electron chi connectivity index (χ4n) is 3.92. The van der Waals surface area contributed by atoms with Gasteiger partial charge in [0.15, 0.2) is 0 Å². The minimum Gasteiger partial charge on any atom is -0.467 e. The number of thiophene rings is 1. The Morgan fingerprint density at radius 3 is 2.49 bits per heavy atom. The van der Waals surface area contributed by atoms with Crippen LogP contribution < -0.4 is 5.32 Å². The number of carbonyl (C=O) groups excluding carboxylic acids is 2. The molecule has 0 saturated carbocycles. The van der Waals surface area contributed by atoms with Gasteiger partial charge in [-0.2, -0.15) is 5.10 Å². The summed E-state index contributed by atoms with van der Waals surface area (Å²) in [5.41, 5.74) is 2.68. The number of fused-ring (bicyclic) bond motifs is 1. The van der Waals surface area contributed by atoms with Crippen molar-refractivity contribution < 1.29 is 14.0 Å². The van der Waals surface area contributed by atoms with E-state index in [0.29, 0.717) is 22.9 Å². The monoisotopic (exact) mass is 484 g/mol. The Bertz CT molecular complexity index is 1440. The molecule has 3 heterocycles. The van der Waals surface area contributed by atoms with Gasteiger partial charge in [0, 0.05) is 11.1 Å². The summed E-state index contributed by atoms with van der Waals surface area (Å²) in [6.07, 6.45) is 1.56. The standard InChI is InChI=1S/C27H24N4O3S/c1-19-23-15-24(35-27(23)31(29-19)16-20-9-4-2-5-10-20)26(33)30(17-22-13-8-14-34-22)18-25(32)28-21-11-6-3-7-12-21/h2-15H,16-18H2,1H3,(H,28,32). The average molecular weight is 485 g/mol. The molecule has 7 nitrogen and oxygen atoms in total. The molecule has 5 aromatic rings. The summed E-state index contributed by atoms with van der Waals surface area (Å²) in [6.45, 7) is 2.66. The van der Waals surface area contributed by atoms with Gasteiger partial charge in [-0.05, 0) is 42.8 Å². The maximum absolute atomic E-state index is 13.6. The van der Waals surface area contributed by atoms with Gasteiger partial charge in [-0.25, -0.2) is 0 Å². The summed E-state index contributed by atoms with van der Waals surface area (Å²) in [5.74, 6) is 0.110. The maximum atomic E-state index is 13.6. The average Bonchev–Trinajstić information content (AvgIpc) is 3.59. The first-order valence-corrected chi connectivity index (χ1v) is 12.1. The molecular formula is C27H24N4O3S. The van der Waals surface area contributed by atoms with Gasteiger partial charge in [-0.3, -0.25) is 14.3 Å². The lowest BCUT2D eigenvalue weighted by molar-refractivity contribution is -0.117. The number of anilines is 1. The number of nitrogens with zero attached hydrogens (tertiary/aromatic N) is 3. The molecule has 2 amide bonds. The molecule has 35 heavy (non-hydrogen) atoms. The van der Waals surface area contributed by atoms with Crippen molar-refractivity contribution in [1.82, 2.24) is 14.7 Å². The molecule has 0 bridgehead atoms. The van der Waals surface area contributed by atoms with E-state index in [9.17, 15) is 9.59 Å². The van der Waals surface area contributed by atoms with Crippen LogP contribution in [0.1, 0.15) is 26.7 Å². The van der Waals surface area contributed by atoms with Gasteiger partial charge < -0.3 is 14.6 Å². The van der Waals surface area contributed by atoms with E-state index in [0.717, 1.165) is 21.5 Å². The van der Waals surface area contributed by atoms with Crippen LogP contribution in [-0.4, -0.2) is 33.0 Å². The van der Waals surface area contributed by atoms with Gasteiger partial charge in [0.2, 0.25) is 5.91 Å². The Kier molecular flexibility index (Phi) is 6.45. The molecule has 176 valence electrons. The summed E-state index contributed by atoms with van der Waals surface area (Å²) in [6, 6.07) is 24.7. The third-order valence-electron chi connectivity index (χ3n) is 5.60. The highest BCUT2D eigenvalue weighted by Gasteiger charge is 2.24. The van der Waals surface area contributed by atoms with Crippen LogP contribution in [0.4, 0.5) is 5.69 Å². The molecule has 0 saturated heterocycles. The van der Waals surface area contributed by atoms with Crippen molar-refractivity contribution in [2.75, 3.05) is 11.9 Å². The zero-order chi connectivity index (χ0) is 24.2. The highest BCUT2D eigenvalue weighted by atomic mass is 32.1. The number of para-hydroxylation sites is 1. The summed E-state index contributed by atoms with van der Waals surface area (Å²) in [7, 11) is 0. The predicted molar refractivity (Wildman–Crippen MR) is 136 cm³/mol. The minimum absolute atomic E-state index is 0.0994. The van der Waals surface area contributed by atoms with E-state index in [-0.39, 0.29) is 24.9 Å². The summed E-state index contributed by atoms with van der Waals surface area (Å²) in [5, 5.41) is 8.47. The van der Waals surface area contributed by atoms with Crippen LogP contribution in [0.3, 0.4) is 0 Å². The number of nitrogens with one attached hydrogen (secondary N) is 1. The number of amides is 2. The number of hydrogen-bond donors (Lipinski definition) is 1. The molecule has 2 aromatic carbocycles. The van der Waals surface area contributed by atoms with Crippen molar-refractivity contribution in [3.05, 3.63) is 107 Å². The lowest BCUT2D eigenvalue weighted by Crippen LogP contribution is -2.37. The number of hydrogen-bond acceptors (Lipinski definition) is 5. The van der Waals surface area contributed by atoms with E-state index in [4.69, 9.17) is 4.42 Å². The van der Waals surface area contributed by atoms with Crippen molar-refractivity contribution in [1.29, 1.82) is 0 Å². The lowest BCUT2D eigenvalue weighted by Gasteiger charge is -2.20. The highest BCUT2D eigenvalue weighted by Crippen LogP contribution is 2.30. The summed E-state index contributed by atoms with van der Waals surface area (Å²) < 4.78 is 7.39. The molecule has 0 aliphatic carbocycles. The molecule has 3 aromatic heterocycles. The highest BCUT2D eigenvalue weighted by molar-refractivity contribution is 7.20. The second kappa shape index (κ2) is 9.99. The Morgan fingerprint density at radius 2 is 1.77 bits per heavy atom. The first-order valence-electron chi connectivity index (χ1n) is 11.2. The number of rotatable bonds is 8. The normalized spacial score (nSPS) is 11.0. The number of aryl methyl sites for hydroxylation is 1. The number of furan rings is 1. The van der Waals surface area contributed by atoms with Crippen LogP contribution in [0.5, 0.6) is 0 Å². The SMILES string of the molecule is Cc1nn(Cc2ccccc2)c2sc(C(=O)N(CC(=O)Nc3ccccc3)Cc3ccco3)cc12. The van der Waals surface area contributed by atoms with Crippen molar-refractivity contribution in [3.8, 4) is 0 Å².